The Morgan fingerprint density at radius 3 is 1.76 bits per heavy atom. The van der Waals surface area contributed by atoms with Crippen LogP contribution in [0.5, 0.6) is 0 Å². The fourth-order valence-electron chi connectivity index (χ4n) is 4.60. The molecular formula is C24H37FO9. The van der Waals surface area contributed by atoms with E-state index in [0.29, 0.717) is 38.5 Å². The molecule has 0 atom stereocenters. The molecule has 9 nitrogen and oxygen atoms in total. The number of halogens is 1. The van der Waals surface area contributed by atoms with Crippen LogP contribution in [0.1, 0.15) is 91.9 Å². The van der Waals surface area contributed by atoms with Crippen molar-refractivity contribution in [2.75, 3.05) is 13.2 Å². The lowest BCUT2D eigenvalue weighted by Crippen LogP contribution is -2.43. The molecule has 2 fully saturated rings. The second kappa shape index (κ2) is 11.0. The van der Waals surface area contributed by atoms with Gasteiger partial charge in [0.25, 0.3) is 0 Å². The summed E-state index contributed by atoms with van der Waals surface area (Å²) in [6, 6.07) is 0. The first-order valence-corrected chi connectivity index (χ1v) is 11.9. The summed E-state index contributed by atoms with van der Waals surface area (Å²) in [5.74, 6) is -3.83. The van der Waals surface area contributed by atoms with E-state index in [2.05, 4.69) is 4.94 Å². The SMILES string of the molecule is CC(C)(CCOC(=O)C1(C(=O)OF)CCCC1)OCCC(C)(C)OC(=O)C1(C(=O)O)CCCC1. The number of carboxylic acids is 1. The highest BCUT2D eigenvalue weighted by atomic mass is 19.3. The zero-order valence-corrected chi connectivity index (χ0v) is 20.6. The Bertz CT molecular complexity index is 762. The molecule has 34 heavy (non-hydrogen) atoms. The van der Waals surface area contributed by atoms with Gasteiger partial charge < -0.3 is 19.3 Å². The van der Waals surface area contributed by atoms with Crippen LogP contribution in [0.25, 0.3) is 0 Å². The zero-order valence-electron chi connectivity index (χ0n) is 20.6. The Labute approximate surface area is 199 Å². The van der Waals surface area contributed by atoms with Gasteiger partial charge in [0, 0.05) is 17.4 Å². The molecule has 0 aromatic heterocycles. The first-order valence-electron chi connectivity index (χ1n) is 11.9. The van der Waals surface area contributed by atoms with Crippen LogP contribution < -0.4 is 0 Å². The molecule has 1 N–H and O–H groups in total. The molecule has 194 valence electrons. The Morgan fingerprint density at radius 1 is 0.765 bits per heavy atom. The van der Waals surface area contributed by atoms with E-state index in [-0.39, 0.29) is 38.9 Å². The number of hydrogen-bond acceptors (Lipinski definition) is 8. The summed E-state index contributed by atoms with van der Waals surface area (Å²) in [5.41, 5.74) is -4.66. The Morgan fingerprint density at radius 2 is 1.26 bits per heavy atom. The van der Waals surface area contributed by atoms with Gasteiger partial charge in [0.1, 0.15) is 5.60 Å². The van der Waals surface area contributed by atoms with Crippen LogP contribution in [0.2, 0.25) is 0 Å². The van der Waals surface area contributed by atoms with E-state index in [1.807, 2.05) is 0 Å². The average Bonchev–Trinajstić information content (AvgIpc) is 3.43. The molecule has 10 heteroatoms. The molecular weight excluding hydrogens is 451 g/mol. The second-order valence-electron chi connectivity index (χ2n) is 10.6. The molecule has 0 bridgehead atoms. The van der Waals surface area contributed by atoms with Gasteiger partial charge in [-0.3, -0.25) is 19.3 Å². The van der Waals surface area contributed by atoms with E-state index in [9.17, 15) is 28.8 Å². The third-order valence-electron chi connectivity index (χ3n) is 7.07. The van der Waals surface area contributed by atoms with Crippen LogP contribution in [-0.2, 0) is 38.3 Å². The van der Waals surface area contributed by atoms with Crippen molar-refractivity contribution < 1.29 is 48.0 Å². The summed E-state index contributed by atoms with van der Waals surface area (Å²) in [6.45, 7) is 7.22. The van der Waals surface area contributed by atoms with Crippen molar-refractivity contribution in [3.63, 3.8) is 0 Å². The highest BCUT2D eigenvalue weighted by Crippen LogP contribution is 2.42. The van der Waals surface area contributed by atoms with Gasteiger partial charge in [-0.15, -0.1) is 0 Å². The number of ether oxygens (including phenoxy) is 3. The van der Waals surface area contributed by atoms with Crippen molar-refractivity contribution in [3.05, 3.63) is 0 Å². The minimum Gasteiger partial charge on any atom is -0.480 e. The molecule has 2 rings (SSSR count). The molecule has 0 radical (unpaired) electrons. The van der Waals surface area contributed by atoms with Gasteiger partial charge in [-0.25, -0.2) is 4.79 Å². The number of carbonyl (C=O) groups is 4. The van der Waals surface area contributed by atoms with Gasteiger partial charge in [-0.05, 0) is 53.4 Å². The quantitative estimate of drug-likeness (QED) is 0.320. The molecule has 2 aliphatic rings. The summed E-state index contributed by atoms with van der Waals surface area (Å²) in [5, 5.41) is 9.56. The number of carboxylic acid groups (broad SMARTS) is 1. The first kappa shape index (κ1) is 28.0. The topological polar surface area (TPSA) is 125 Å². The second-order valence-corrected chi connectivity index (χ2v) is 10.6. The maximum Gasteiger partial charge on any atom is 0.366 e. The molecule has 0 aromatic rings. The van der Waals surface area contributed by atoms with E-state index in [4.69, 9.17) is 14.2 Å². The number of aliphatic carboxylic acids is 1. The van der Waals surface area contributed by atoms with Crippen LogP contribution >= 0.6 is 0 Å². The molecule has 2 aliphatic carbocycles. The molecule has 0 amide bonds. The van der Waals surface area contributed by atoms with Crippen molar-refractivity contribution in [1.82, 2.24) is 0 Å². The lowest BCUT2D eigenvalue weighted by Gasteiger charge is -2.32. The van der Waals surface area contributed by atoms with E-state index in [1.54, 1.807) is 27.7 Å². The van der Waals surface area contributed by atoms with Crippen LogP contribution in [0.4, 0.5) is 4.53 Å². The Kier molecular flexibility index (Phi) is 9.07. The van der Waals surface area contributed by atoms with Gasteiger partial charge in [0.2, 0.25) is 0 Å². The van der Waals surface area contributed by atoms with E-state index in [1.165, 1.54) is 0 Å². The maximum atomic E-state index is 12.6. The summed E-state index contributed by atoms with van der Waals surface area (Å²) < 4.78 is 29.2. The normalized spacial score (nSPS) is 19.4. The summed E-state index contributed by atoms with van der Waals surface area (Å²) >= 11 is 0. The van der Waals surface area contributed by atoms with Crippen LogP contribution in [0, 0.1) is 10.8 Å². The lowest BCUT2D eigenvalue weighted by molar-refractivity contribution is -0.202. The van der Waals surface area contributed by atoms with Gasteiger partial charge in [-0.1, -0.05) is 25.7 Å². The fraction of sp³-hybridized carbons (Fsp3) is 0.833. The van der Waals surface area contributed by atoms with Crippen molar-refractivity contribution in [2.24, 2.45) is 10.8 Å². The molecule has 0 saturated heterocycles. The molecule has 0 spiro atoms. The first-order chi connectivity index (χ1) is 15.8. The number of rotatable bonds is 12. The smallest absolute Gasteiger partial charge is 0.366 e. The highest BCUT2D eigenvalue weighted by molar-refractivity contribution is 6.00. The van der Waals surface area contributed by atoms with Crippen molar-refractivity contribution in [1.29, 1.82) is 0 Å². The van der Waals surface area contributed by atoms with E-state index in [0.717, 1.165) is 0 Å². The Hall–Kier alpha value is -2.23. The third-order valence-corrected chi connectivity index (χ3v) is 7.07. The van der Waals surface area contributed by atoms with Gasteiger partial charge in [0.15, 0.2) is 10.8 Å². The fourth-order valence-corrected chi connectivity index (χ4v) is 4.60. The van der Waals surface area contributed by atoms with Crippen molar-refractivity contribution >= 4 is 23.9 Å². The molecule has 2 saturated carbocycles. The summed E-state index contributed by atoms with van der Waals surface area (Å²) in [6.07, 6.45) is 4.22. The monoisotopic (exact) mass is 488 g/mol. The minimum absolute atomic E-state index is 0.0212. The van der Waals surface area contributed by atoms with Crippen LogP contribution in [0.3, 0.4) is 0 Å². The average molecular weight is 489 g/mol. The predicted molar refractivity (Wildman–Crippen MR) is 117 cm³/mol. The van der Waals surface area contributed by atoms with Gasteiger partial charge >= 0.3 is 23.9 Å². The number of carbonyl (C=O) groups excluding carboxylic acids is 3. The third kappa shape index (κ3) is 6.46. The maximum absolute atomic E-state index is 12.6. The lowest BCUT2D eigenvalue weighted by atomic mass is 9.86. The summed E-state index contributed by atoms with van der Waals surface area (Å²) in [4.78, 5) is 51.9. The largest absolute Gasteiger partial charge is 0.480 e. The standard InChI is InChI=1S/C24H37FO9/c1-21(2,13-15-31-18(28)24(20(30)34-25)11-7-8-12-24)32-16-14-22(3,4)33-19(29)23(17(26)27)9-5-6-10-23/h5-16H2,1-4H3,(H,26,27). The number of esters is 2. The Balaban J connectivity index is 1.80. The van der Waals surface area contributed by atoms with Crippen LogP contribution in [-0.4, -0.2) is 53.4 Å². The van der Waals surface area contributed by atoms with Crippen molar-refractivity contribution in [2.45, 2.75) is 103 Å². The van der Waals surface area contributed by atoms with Crippen molar-refractivity contribution in [3.8, 4) is 0 Å². The molecule has 0 aromatic carbocycles. The van der Waals surface area contributed by atoms with E-state index < -0.39 is 45.9 Å². The van der Waals surface area contributed by atoms with Gasteiger partial charge in [0.05, 0.1) is 18.8 Å². The zero-order chi connectivity index (χ0) is 25.6. The summed E-state index contributed by atoms with van der Waals surface area (Å²) in [7, 11) is 0. The van der Waals surface area contributed by atoms with Gasteiger partial charge in [-0.2, -0.15) is 0 Å². The van der Waals surface area contributed by atoms with E-state index >= 15 is 0 Å². The molecule has 0 unspecified atom stereocenters. The number of hydrogen-bond donors (Lipinski definition) is 1. The molecule has 0 aliphatic heterocycles. The minimum atomic E-state index is -1.57. The van der Waals surface area contributed by atoms with Crippen LogP contribution in [0.15, 0.2) is 0 Å². The highest BCUT2D eigenvalue weighted by Gasteiger charge is 2.52. The predicted octanol–water partition coefficient (Wildman–Crippen LogP) is 4.06. The molecule has 0 heterocycles.